The van der Waals surface area contributed by atoms with Gasteiger partial charge in [0.1, 0.15) is 12.7 Å². The van der Waals surface area contributed by atoms with Gasteiger partial charge in [-0.2, -0.15) is 5.10 Å². The van der Waals surface area contributed by atoms with Crippen LogP contribution in [0.4, 0.5) is 0 Å². The molecule has 0 radical (unpaired) electrons. The van der Waals surface area contributed by atoms with Gasteiger partial charge in [0, 0.05) is 0 Å². The van der Waals surface area contributed by atoms with Crippen molar-refractivity contribution in [1.82, 2.24) is 14.8 Å². The van der Waals surface area contributed by atoms with Gasteiger partial charge in [-0.25, -0.2) is 4.98 Å². The zero-order chi connectivity index (χ0) is 9.84. The Morgan fingerprint density at radius 1 is 1.62 bits per heavy atom. The van der Waals surface area contributed by atoms with Gasteiger partial charge in [0.15, 0.2) is 0 Å². The molecule has 0 bridgehead atoms. The van der Waals surface area contributed by atoms with E-state index in [1.165, 1.54) is 6.33 Å². The second-order valence-electron chi connectivity index (χ2n) is 3.37. The molecule has 0 fully saturated rings. The molecule has 1 rings (SSSR count). The maximum atomic E-state index is 11.0. The quantitative estimate of drug-likeness (QED) is 0.714. The number of nitrogens with two attached hydrogens (primary N) is 1. The number of aromatic nitrogens is 3. The average molecular weight is 182 g/mol. The largest absolute Gasteiger partial charge is 0.369 e. The summed E-state index contributed by atoms with van der Waals surface area (Å²) in [7, 11) is 0. The fourth-order valence-electron chi connectivity index (χ4n) is 1.16. The molecular weight excluding hydrogens is 168 g/mol. The summed E-state index contributed by atoms with van der Waals surface area (Å²) in [6.45, 7) is 4.44. The predicted molar refractivity (Wildman–Crippen MR) is 47.5 cm³/mol. The van der Waals surface area contributed by atoms with Gasteiger partial charge in [0.2, 0.25) is 5.91 Å². The smallest absolute Gasteiger partial charge is 0.222 e. The van der Waals surface area contributed by atoms with E-state index in [4.69, 9.17) is 5.73 Å². The first-order valence-electron chi connectivity index (χ1n) is 4.23. The van der Waals surface area contributed by atoms with Crippen LogP contribution >= 0.6 is 0 Å². The lowest BCUT2D eigenvalue weighted by atomic mass is 9.95. The van der Waals surface area contributed by atoms with Crippen LogP contribution in [-0.4, -0.2) is 20.7 Å². The first-order valence-corrected chi connectivity index (χ1v) is 4.23. The lowest BCUT2D eigenvalue weighted by molar-refractivity contribution is -0.123. The Morgan fingerprint density at radius 2 is 2.31 bits per heavy atom. The van der Waals surface area contributed by atoms with Gasteiger partial charge >= 0.3 is 0 Å². The number of hydrogen-bond acceptors (Lipinski definition) is 3. The summed E-state index contributed by atoms with van der Waals surface area (Å²) >= 11 is 0. The summed E-state index contributed by atoms with van der Waals surface area (Å²) in [6, 6.07) is 0. The molecule has 0 saturated heterocycles. The molecule has 0 aliphatic rings. The highest BCUT2D eigenvalue weighted by molar-refractivity contribution is 5.76. The van der Waals surface area contributed by atoms with E-state index in [1.54, 1.807) is 11.0 Å². The highest BCUT2D eigenvalue weighted by Crippen LogP contribution is 2.11. The third-order valence-electron chi connectivity index (χ3n) is 2.02. The van der Waals surface area contributed by atoms with E-state index >= 15 is 0 Å². The Bertz CT molecular complexity index is 268. The third-order valence-corrected chi connectivity index (χ3v) is 2.02. The summed E-state index contributed by atoms with van der Waals surface area (Å²) in [4.78, 5) is 14.8. The van der Waals surface area contributed by atoms with Crippen molar-refractivity contribution in [2.75, 3.05) is 0 Å². The van der Waals surface area contributed by atoms with Crippen molar-refractivity contribution in [3.05, 3.63) is 12.7 Å². The summed E-state index contributed by atoms with van der Waals surface area (Å²) in [5, 5.41) is 3.92. The van der Waals surface area contributed by atoms with E-state index in [0.29, 0.717) is 6.54 Å². The SMILES string of the molecule is CC(C)C(Cn1cncn1)C(N)=O. The number of primary amides is 1. The zero-order valence-corrected chi connectivity index (χ0v) is 7.84. The average Bonchev–Trinajstić information content (AvgIpc) is 2.50. The number of nitrogens with zero attached hydrogens (tertiary/aromatic N) is 3. The number of amides is 1. The van der Waals surface area contributed by atoms with Crippen LogP contribution in [0, 0.1) is 11.8 Å². The Labute approximate surface area is 76.9 Å². The van der Waals surface area contributed by atoms with Gasteiger partial charge in [-0.15, -0.1) is 0 Å². The Balaban J connectivity index is 2.63. The second kappa shape index (κ2) is 4.02. The molecule has 0 spiro atoms. The van der Waals surface area contributed by atoms with Gasteiger partial charge in [-0.3, -0.25) is 9.48 Å². The van der Waals surface area contributed by atoms with E-state index in [9.17, 15) is 4.79 Å². The molecule has 5 heteroatoms. The number of hydrogen-bond donors (Lipinski definition) is 1. The summed E-state index contributed by atoms with van der Waals surface area (Å²) in [5.74, 6) is -0.242. The minimum absolute atomic E-state index is 0.179. The van der Waals surface area contributed by atoms with Crippen molar-refractivity contribution in [2.24, 2.45) is 17.6 Å². The van der Waals surface area contributed by atoms with E-state index in [0.717, 1.165) is 0 Å². The van der Waals surface area contributed by atoms with Gasteiger partial charge in [-0.1, -0.05) is 13.8 Å². The molecule has 1 aromatic heterocycles. The van der Waals surface area contributed by atoms with Crippen LogP contribution in [0.2, 0.25) is 0 Å². The summed E-state index contributed by atoms with van der Waals surface area (Å²) < 4.78 is 1.62. The van der Waals surface area contributed by atoms with Crippen LogP contribution in [0.15, 0.2) is 12.7 Å². The first kappa shape index (κ1) is 9.70. The monoisotopic (exact) mass is 182 g/mol. The van der Waals surface area contributed by atoms with Crippen molar-refractivity contribution >= 4 is 5.91 Å². The van der Waals surface area contributed by atoms with Gasteiger partial charge in [0.05, 0.1) is 12.5 Å². The van der Waals surface area contributed by atoms with Crippen molar-refractivity contribution in [3.8, 4) is 0 Å². The van der Waals surface area contributed by atoms with Crippen molar-refractivity contribution in [1.29, 1.82) is 0 Å². The lowest BCUT2D eigenvalue weighted by Gasteiger charge is -2.16. The highest BCUT2D eigenvalue weighted by Gasteiger charge is 2.19. The molecule has 0 aliphatic heterocycles. The molecular formula is C8H14N4O. The Morgan fingerprint density at radius 3 is 2.69 bits per heavy atom. The van der Waals surface area contributed by atoms with Crippen molar-refractivity contribution in [2.45, 2.75) is 20.4 Å². The maximum absolute atomic E-state index is 11.0. The second-order valence-corrected chi connectivity index (χ2v) is 3.37. The molecule has 5 nitrogen and oxygen atoms in total. The molecule has 1 atom stereocenters. The first-order chi connectivity index (χ1) is 6.11. The zero-order valence-electron chi connectivity index (χ0n) is 7.84. The standard InChI is InChI=1S/C8H14N4O/c1-6(2)7(8(9)13)3-12-5-10-4-11-12/h4-7H,3H2,1-2H3,(H2,9,13). The topological polar surface area (TPSA) is 73.8 Å². The fraction of sp³-hybridized carbons (Fsp3) is 0.625. The molecule has 0 aromatic carbocycles. The highest BCUT2D eigenvalue weighted by atomic mass is 16.1. The van der Waals surface area contributed by atoms with Crippen LogP contribution < -0.4 is 5.73 Å². The van der Waals surface area contributed by atoms with Crippen molar-refractivity contribution in [3.63, 3.8) is 0 Å². The maximum Gasteiger partial charge on any atom is 0.222 e. The number of rotatable bonds is 4. The molecule has 1 amide bonds. The van der Waals surface area contributed by atoms with Crippen LogP contribution in [0.1, 0.15) is 13.8 Å². The van der Waals surface area contributed by atoms with Gasteiger partial charge in [0.25, 0.3) is 0 Å². The fourth-order valence-corrected chi connectivity index (χ4v) is 1.16. The van der Waals surface area contributed by atoms with E-state index < -0.39 is 0 Å². The molecule has 1 unspecified atom stereocenters. The minimum atomic E-state index is -0.287. The van der Waals surface area contributed by atoms with Gasteiger partial charge in [-0.05, 0) is 5.92 Å². The Kier molecular flexibility index (Phi) is 3.00. The third kappa shape index (κ3) is 2.54. The summed E-state index contributed by atoms with van der Waals surface area (Å²) in [5.41, 5.74) is 5.25. The van der Waals surface area contributed by atoms with Crippen LogP contribution in [0.5, 0.6) is 0 Å². The van der Waals surface area contributed by atoms with Gasteiger partial charge < -0.3 is 5.73 Å². The minimum Gasteiger partial charge on any atom is -0.369 e. The lowest BCUT2D eigenvalue weighted by Crippen LogP contribution is -2.31. The molecule has 0 saturated carbocycles. The normalized spacial score (nSPS) is 13.2. The Hall–Kier alpha value is -1.39. The molecule has 1 heterocycles. The summed E-state index contributed by atoms with van der Waals surface area (Å²) in [6.07, 6.45) is 3.02. The number of carbonyl (C=O) groups is 1. The van der Waals surface area contributed by atoms with Crippen molar-refractivity contribution < 1.29 is 4.79 Å². The van der Waals surface area contributed by atoms with E-state index in [1.807, 2.05) is 13.8 Å². The number of carbonyl (C=O) groups excluding carboxylic acids is 1. The molecule has 0 aliphatic carbocycles. The van der Waals surface area contributed by atoms with E-state index in [2.05, 4.69) is 10.1 Å². The molecule has 13 heavy (non-hydrogen) atoms. The van der Waals surface area contributed by atoms with E-state index in [-0.39, 0.29) is 17.7 Å². The molecule has 2 N–H and O–H groups in total. The molecule has 72 valence electrons. The predicted octanol–water partition coefficient (Wildman–Crippen LogP) is 0.0356. The van der Waals surface area contributed by atoms with Crippen LogP contribution in [-0.2, 0) is 11.3 Å². The van der Waals surface area contributed by atoms with Crippen LogP contribution in [0.3, 0.4) is 0 Å². The molecule has 1 aromatic rings. The van der Waals surface area contributed by atoms with Crippen LogP contribution in [0.25, 0.3) is 0 Å².